The van der Waals surface area contributed by atoms with Gasteiger partial charge < -0.3 is 10.4 Å². The molecule has 94 valence electrons. The van der Waals surface area contributed by atoms with Crippen LogP contribution in [0.3, 0.4) is 0 Å². The first-order chi connectivity index (χ1) is 8.56. The molecule has 0 aliphatic rings. The van der Waals surface area contributed by atoms with Crippen LogP contribution in [0.25, 0.3) is 0 Å². The maximum absolute atomic E-state index is 13.6. The molecule has 0 unspecified atom stereocenters. The Bertz CT molecular complexity index is 585. The number of carboxylic acids is 1. The SMILES string of the molecule is O=C(O)c1ccc(NCc2ccc(Br)s2)c(F)c1. The third-order valence-electron chi connectivity index (χ3n) is 2.30. The molecule has 0 bridgehead atoms. The Hall–Kier alpha value is -1.40. The van der Waals surface area contributed by atoms with E-state index in [2.05, 4.69) is 21.2 Å². The molecule has 3 nitrogen and oxygen atoms in total. The van der Waals surface area contributed by atoms with Gasteiger partial charge in [0.05, 0.1) is 15.0 Å². The fraction of sp³-hybridized carbons (Fsp3) is 0.0833. The van der Waals surface area contributed by atoms with Crippen LogP contribution < -0.4 is 5.32 Å². The molecule has 0 amide bonds. The van der Waals surface area contributed by atoms with Crippen LogP contribution in [0.5, 0.6) is 0 Å². The van der Waals surface area contributed by atoms with Gasteiger partial charge in [-0.05, 0) is 46.3 Å². The maximum atomic E-state index is 13.6. The summed E-state index contributed by atoms with van der Waals surface area (Å²) in [5.41, 5.74) is 0.237. The van der Waals surface area contributed by atoms with E-state index in [-0.39, 0.29) is 5.56 Å². The number of hydrogen-bond donors (Lipinski definition) is 2. The number of carboxylic acid groups (broad SMARTS) is 1. The summed E-state index contributed by atoms with van der Waals surface area (Å²) in [6.45, 7) is 0.500. The van der Waals surface area contributed by atoms with Crippen LogP contribution >= 0.6 is 27.3 Å². The van der Waals surface area contributed by atoms with Crippen molar-refractivity contribution in [3.63, 3.8) is 0 Å². The van der Waals surface area contributed by atoms with Crippen LogP contribution in [0.2, 0.25) is 0 Å². The molecule has 1 heterocycles. The van der Waals surface area contributed by atoms with Gasteiger partial charge in [-0.2, -0.15) is 0 Å². The molecule has 0 radical (unpaired) electrons. The van der Waals surface area contributed by atoms with Crippen molar-refractivity contribution in [3.8, 4) is 0 Å². The average molecular weight is 330 g/mol. The van der Waals surface area contributed by atoms with E-state index >= 15 is 0 Å². The zero-order valence-corrected chi connectivity index (χ0v) is 11.5. The van der Waals surface area contributed by atoms with Crippen LogP contribution in [-0.2, 0) is 6.54 Å². The molecular weight excluding hydrogens is 321 g/mol. The third kappa shape index (κ3) is 3.08. The predicted octanol–water partition coefficient (Wildman–Crippen LogP) is 3.96. The lowest BCUT2D eigenvalue weighted by Crippen LogP contribution is -2.02. The molecule has 0 saturated heterocycles. The van der Waals surface area contributed by atoms with Crippen molar-refractivity contribution in [2.75, 3.05) is 5.32 Å². The molecule has 2 N–H and O–H groups in total. The van der Waals surface area contributed by atoms with Crippen molar-refractivity contribution in [1.82, 2.24) is 0 Å². The second kappa shape index (κ2) is 5.49. The molecule has 0 saturated carbocycles. The highest BCUT2D eigenvalue weighted by molar-refractivity contribution is 9.11. The van der Waals surface area contributed by atoms with Crippen molar-refractivity contribution in [2.45, 2.75) is 6.54 Å². The summed E-state index contributed by atoms with van der Waals surface area (Å²) in [6.07, 6.45) is 0. The molecule has 6 heteroatoms. The van der Waals surface area contributed by atoms with Crippen molar-refractivity contribution in [2.24, 2.45) is 0 Å². The number of hydrogen-bond acceptors (Lipinski definition) is 3. The Kier molecular flexibility index (Phi) is 3.98. The van der Waals surface area contributed by atoms with Gasteiger partial charge in [-0.3, -0.25) is 0 Å². The van der Waals surface area contributed by atoms with E-state index in [1.807, 2.05) is 12.1 Å². The Balaban J connectivity index is 2.08. The molecule has 2 rings (SSSR count). The minimum atomic E-state index is -1.14. The summed E-state index contributed by atoms with van der Waals surface area (Å²) in [7, 11) is 0. The van der Waals surface area contributed by atoms with Crippen molar-refractivity contribution in [1.29, 1.82) is 0 Å². The number of benzene rings is 1. The Morgan fingerprint density at radius 3 is 2.72 bits per heavy atom. The minimum Gasteiger partial charge on any atom is -0.478 e. The molecule has 0 fully saturated rings. The van der Waals surface area contributed by atoms with Gasteiger partial charge in [-0.1, -0.05) is 0 Å². The lowest BCUT2D eigenvalue weighted by Gasteiger charge is -2.06. The van der Waals surface area contributed by atoms with E-state index in [1.54, 1.807) is 11.3 Å². The number of anilines is 1. The summed E-state index contributed by atoms with van der Waals surface area (Å²) in [6, 6.07) is 7.67. The van der Waals surface area contributed by atoms with Crippen LogP contribution in [0.1, 0.15) is 15.2 Å². The number of thiophene rings is 1. The standard InChI is InChI=1S/C12H9BrFNO2S/c13-11-4-2-8(18-11)6-15-10-3-1-7(12(16)17)5-9(10)14/h1-5,15H,6H2,(H,16,17). The Morgan fingerprint density at radius 1 is 1.39 bits per heavy atom. The van der Waals surface area contributed by atoms with E-state index < -0.39 is 11.8 Å². The predicted molar refractivity (Wildman–Crippen MR) is 72.7 cm³/mol. The Labute approximate surface area is 115 Å². The molecule has 18 heavy (non-hydrogen) atoms. The first-order valence-electron chi connectivity index (χ1n) is 5.07. The molecule has 0 spiro atoms. The number of nitrogens with one attached hydrogen (secondary N) is 1. The monoisotopic (exact) mass is 329 g/mol. The highest BCUT2D eigenvalue weighted by atomic mass is 79.9. The largest absolute Gasteiger partial charge is 0.478 e. The van der Waals surface area contributed by atoms with E-state index in [0.717, 1.165) is 14.7 Å². The summed E-state index contributed by atoms with van der Waals surface area (Å²) < 4.78 is 14.6. The molecule has 1 aromatic carbocycles. The second-order valence-corrected chi connectivity index (χ2v) is 6.11. The second-order valence-electron chi connectivity index (χ2n) is 3.56. The average Bonchev–Trinajstić information content (AvgIpc) is 2.73. The number of halogens is 2. The van der Waals surface area contributed by atoms with Gasteiger partial charge in [0.1, 0.15) is 5.82 Å². The van der Waals surface area contributed by atoms with Gasteiger partial charge in [0, 0.05) is 11.4 Å². The van der Waals surface area contributed by atoms with E-state index in [0.29, 0.717) is 12.2 Å². The van der Waals surface area contributed by atoms with Crippen LogP contribution in [-0.4, -0.2) is 11.1 Å². The molecular formula is C12H9BrFNO2S. The quantitative estimate of drug-likeness (QED) is 0.892. The fourth-order valence-corrected chi connectivity index (χ4v) is 2.84. The number of rotatable bonds is 4. The molecule has 2 aromatic rings. The first kappa shape index (κ1) is 13.0. The minimum absolute atomic E-state index is 0.0584. The third-order valence-corrected chi connectivity index (χ3v) is 3.92. The lowest BCUT2D eigenvalue weighted by atomic mass is 10.2. The highest BCUT2D eigenvalue weighted by Gasteiger charge is 2.08. The van der Waals surface area contributed by atoms with Gasteiger partial charge in [0.25, 0.3) is 0 Å². The van der Waals surface area contributed by atoms with Crippen LogP contribution in [0, 0.1) is 5.82 Å². The fourth-order valence-electron chi connectivity index (χ4n) is 1.42. The first-order valence-corrected chi connectivity index (χ1v) is 6.68. The molecule has 0 aliphatic heterocycles. The molecule has 0 atom stereocenters. The number of carbonyl (C=O) groups is 1. The summed E-state index contributed by atoms with van der Waals surface area (Å²) >= 11 is 4.91. The smallest absolute Gasteiger partial charge is 0.335 e. The van der Waals surface area contributed by atoms with E-state index in [1.165, 1.54) is 12.1 Å². The van der Waals surface area contributed by atoms with Gasteiger partial charge in [0.15, 0.2) is 0 Å². The summed E-state index contributed by atoms with van der Waals surface area (Å²) in [5.74, 6) is -1.70. The van der Waals surface area contributed by atoms with Crippen molar-refractivity contribution in [3.05, 3.63) is 50.4 Å². The molecule has 1 aromatic heterocycles. The summed E-state index contributed by atoms with van der Waals surface area (Å²) in [5, 5.41) is 11.7. The Morgan fingerprint density at radius 2 is 2.17 bits per heavy atom. The molecule has 0 aliphatic carbocycles. The number of aromatic carboxylic acids is 1. The maximum Gasteiger partial charge on any atom is 0.335 e. The van der Waals surface area contributed by atoms with E-state index in [4.69, 9.17) is 5.11 Å². The van der Waals surface area contributed by atoms with Crippen molar-refractivity contribution < 1.29 is 14.3 Å². The zero-order chi connectivity index (χ0) is 13.1. The van der Waals surface area contributed by atoms with Crippen molar-refractivity contribution >= 4 is 38.9 Å². The lowest BCUT2D eigenvalue weighted by molar-refractivity contribution is 0.0696. The highest BCUT2D eigenvalue weighted by Crippen LogP contribution is 2.23. The van der Waals surface area contributed by atoms with E-state index in [9.17, 15) is 9.18 Å². The van der Waals surface area contributed by atoms with Gasteiger partial charge in [-0.15, -0.1) is 11.3 Å². The normalized spacial score (nSPS) is 10.3. The van der Waals surface area contributed by atoms with Crippen LogP contribution in [0.15, 0.2) is 34.1 Å². The van der Waals surface area contributed by atoms with Crippen LogP contribution in [0.4, 0.5) is 10.1 Å². The summed E-state index contributed by atoms with van der Waals surface area (Å²) in [4.78, 5) is 11.7. The topological polar surface area (TPSA) is 49.3 Å². The van der Waals surface area contributed by atoms with Gasteiger partial charge in [0.2, 0.25) is 0 Å². The van der Waals surface area contributed by atoms with Gasteiger partial charge in [-0.25, -0.2) is 9.18 Å². The van der Waals surface area contributed by atoms with Gasteiger partial charge >= 0.3 is 5.97 Å². The zero-order valence-electron chi connectivity index (χ0n) is 9.11.